The van der Waals surface area contributed by atoms with Gasteiger partial charge < -0.3 is 15.0 Å². The van der Waals surface area contributed by atoms with Crippen LogP contribution in [-0.2, 0) is 26.2 Å². The zero-order valence-corrected chi connectivity index (χ0v) is 27.6. The first-order chi connectivity index (χ1) is 21.0. The summed E-state index contributed by atoms with van der Waals surface area (Å²) in [7, 11) is -2.72. The molecule has 0 aromatic heterocycles. The van der Waals surface area contributed by atoms with Crippen molar-refractivity contribution in [2.24, 2.45) is 0 Å². The molecule has 0 radical (unpaired) electrons. The van der Waals surface area contributed by atoms with Crippen LogP contribution in [0, 0.1) is 6.92 Å². The Bertz CT molecular complexity index is 1560. The number of nitrogens with one attached hydrogen (secondary N) is 1. The summed E-state index contributed by atoms with van der Waals surface area (Å²) in [5.74, 6) is -0.224. The van der Waals surface area contributed by atoms with Crippen molar-refractivity contribution in [3.8, 4) is 5.75 Å². The first-order valence-electron chi connectivity index (χ1n) is 14.8. The Balaban J connectivity index is 1.75. The van der Waals surface area contributed by atoms with Crippen molar-refractivity contribution in [1.29, 1.82) is 0 Å². The summed E-state index contributed by atoms with van der Waals surface area (Å²) in [6.45, 7) is 3.15. The number of halogens is 2. The molecule has 0 bridgehead atoms. The van der Waals surface area contributed by atoms with E-state index in [-0.39, 0.29) is 39.1 Å². The highest BCUT2D eigenvalue weighted by Gasteiger charge is 2.35. The SMILES string of the molecule is CC[C@@H](C(=O)NC1CCCCC1)N(Cc1cccc(OC)c1)C(=O)CN(c1cccc(Cl)c1Cl)S(=O)(=O)c1ccc(C)cc1. The van der Waals surface area contributed by atoms with Gasteiger partial charge in [-0.1, -0.05) is 85.3 Å². The Kier molecular flexibility index (Phi) is 11.6. The molecule has 44 heavy (non-hydrogen) atoms. The number of carbonyl (C=O) groups excluding carboxylic acids is 2. The van der Waals surface area contributed by atoms with Crippen LogP contribution >= 0.6 is 23.2 Å². The Labute approximate surface area is 270 Å². The molecule has 0 heterocycles. The number of methoxy groups -OCH3 is 1. The maximum atomic E-state index is 14.3. The minimum Gasteiger partial charge on any atom is -0.497 e. The van der Waals surface area contributed by atoms with Crippen LogP contribution in [0.15, 0.2) is 71.6 Å². The predicted octanol–water partition coefficient (Wildman–Crippen LogP) is 6.76. The van der Waals surface area contributed by atoms with E-state index in [0.29, 0.717) is 12.2 Å². The number of sulfonamides is 1. The summed E-state index contributed by atoms with van der Waals surface area (Å²) in [5, 5.41) is 3.29. The van der Waals surface area contributed by atoms with E-state index in [1.165, 1.54) is 23.1 Å². The van der Waals surface area contributed by atoms with Crippen molar-refractivity contribution < 1.29 is 22.7 Å². The first-order valence-corrected chi connectivity index (χ1v) is 17.0. The summed E-state index contributed by atoms with van der Waals surface area (Å²) in [6.07, 6.45) is 5.34. The van der Waals surface area contributed by atoms with Gasteiger partial charge in [-0.15, -0.1) is 0 Å². The fraction of sp³-hybridized carbons (Fsp3) is 0.394. The third-order valence-corrected chi connectivity index (χ3v) is 10.5. The molecule has 0 unspecified atom stereocenters. The topological polar surface area (TPSA) is 96.0 Å². The number of aryl methyl sites for hydroxylation is 1. The Hall–Kier alpha value is -3.27. The van der Waals surface area contributed by atoms with E-state index in [4.69, 9.17) is 27.9 Å². The predicted molar refractivity (Wildman–Crippen MR) is 175 cm³/mol. The molecule has 1 aliphatic rings. The van der Waals surface area contributed by atoms with Crippen molar-refractivity contribution >= 4 is 50.7 Å². The molecule has 4 rings (SSSR count). The summed E-state index contributed by atoms with van der Waals surface area (Å²) >= 11 is 12.8. The molecule has 1 aliphatic carbocycles. The number of hydrogen-bond donors (Lipinski definition) is 1. The number of nitrogens with zero attached hydrogens (tertiary/aromatic N) is 2. The number of ether oxygens (including phenoxy) is 1. The van der Waals surface area contributed by atoms with Gasteiger partial charge in [0.25, 0.3) is 10.0 Å². The zero-order chi connectivity index (χ0) is 31.9. The second-order valence-electron chi connectivity index (χ2n) is 11.0. The molecule has 0 saturated heterocycles. The molecule has 0 aliphatic heterocycles. The van der Waals surface area contributed by atoms with Gasteiger partial charge >= 0.3 is 0 Å². The molecular weight excluding hydrogens is 621 g/mol. The van der Waals surface area contributed by atoms with Gasteiger partial charge in [0.15, 0.2) is 0 Å². The number of carbonyl (C=O) groups is 2. The lowest BCUT2D eigenvalue weighted by molar-refractivity contribution is -0.140. The normalized spacial score (nSPS) is 14.5. The van der Waals surface area contributed by atoms with Crippen LogP contribution in [-0.4, -0.2) is 50.9 Å². The molecule has 1 saturated carbocycles. The van der Waals surface area contributed by atoms with E-state index in [1.54, 1.807) is 49.6 Å². The standard InChI is InChI=1S/C33H39Cl2N3O5S/c1-4-29(33(40)36-25-11-6-5-7-12-25)37(21-24-10-8-13-26(20-24)43-3)31(39)22-38(30-15-9-14-28(34)32(30)35)44(41,42)27-18-16-23(2)17-19-27/h8-10,13-20,25,29H,4-7,11-12,21-22H2,1-3H3,(H,36,40)/t29-/m0/s1. The van der Waals surface area contributed by atoms with E-state index < -0.39 is 28.5 Å². The summed E-state index contributed by atoms with van der Waals surface area (Å²) in [4.78, 5) is 29.5. The highest BCUT2D eigenvalue weighted by Crippen LogP contribution is 2.36. The van der Waals surface area contributed by atoms with Crippen molar-refractivity contribution in [1.82, 2.24) is 10.2 Å². The molecule has 11 heteroatoms. The van der Waals surface area contributed by atoms with Crippen molar-refractivity contribution in [2.45, 2.75) is 75.9 Å². The smallest absolute Gasteiger partial charge is 0.264 e. The second-order valence-corrected chi connectivity index (χ2v) is 13.7. The largest absolute Gasteiger partial charge is 0.497 e. The van der Waals surface area contributed by atoms with Crippen molar-refractivity contribution in [3.05, 3.63) is 87.9 Å². The highest BCUT2D eigenvalue weighted by molar-refractivity contribution is 7.92. The van der Waals surface area contributed by atoms with Crippen LogP contribution in [0.5, 0.6) is 5.75 Å². The Morgan fingerprint density at radius 1 is 1.00 bits per heavy atom. The molecule has 3 aromatic rings. The van der Waals surface area contributed by atoms with E-state index in [0.717, 1.165) is 47.5 Å². The third kappa shape index (κ3) is 8.06. The maximum absolute atomic E-state index is 14.3. The number of benzene rings is 3. The molecule has 1 fully saturated rings. The molecule has 1 N–H and O–H groups in total. The van der Waals surface area contributed by atoms with Gasteiger partial charge in [-0.3, -0.25) is 13.9 Å². The van der Waals surface area contributed by atoms with Gasteiger partial charge in [0.2, 0.25) is 11.8 Å². The van der Waals surface area contributed by atoms with Crippen LogP contribution in [0.2, 0.25) is 10.0 Å². The number of anilines is 1. The van der Waals surface area contributed by atoms with E-state index in [2.05, 4.69) is 5.32 Å². The molecule has 236 valence electrons. The Morgan fingerprint density at radius 3 is 2.34 bits per heavy atom. The summed E-state index contributed by atoms with van der Waals surface area (Å²) in [5.41, 5.74) is 1.68. The summed E-state index contributed by atoms with van der Waals surface area (Å²) < 4.78 is 34.6. The average molecular weight is 661 g/mol. The average Bonchev–Trinajstić information content (AvgIpc) is 3.02. The quantitative estimate of drug-likeness (QED) is 0.232. The highest BCUT2D eigenvalue weighted by atomic mass is 35.5. The number of rotatable bonds is 12. The molecule has 8 nitrogen and oxygen atoms in total. The van der Waals surface area contributed by atoms with Gasteiger partial charge in [-0.25, -0.2) is 8.42 Å². The van der Waals surface area contributed by atoms with Gasteiger partial charge in [0.05, 0.1) is 27.7 Å². The van der Waals surface area contributed by atoms with Gasteiger partial charge in [-0.05, 0) is 68.1 Å². The maximum Gasteiger partial charge on any atom is 0.264 e. The lowest BCUT2D eigenvalue weighted by atomic mass is 9.95. The van der Waals surface area contributed by atoms with Crippen LogP contribution in [0.1, 0.15) is 56.6 Å². The fourth-order valence-electron chi connectivity index (χ4n) is 5.47. The van der Waals surface area contributed by atoms with Crippen LogP contribution in [0.3, 0.4) is 0 Å². The lowest BCUT2D eigenvalue weighted by Gasteiger charge is -2.34. The molecule has 1 atom stereocenters. The first kappa shape index (κ1) is 33.6. The molecule has 3 aromatic carbocycles. The van der Waals surface area contributed by atoms with Crippen LogP contribution in [0.25, 0.3) is 0 Å². The van der Waals surface area contributed by atoms with Crippen LogP contribution in [0.4, 0.5) is 5.69 Å². The van der Waals surface area contributed by atoms with Gasteiger partial charge in [0, 0.05) is 12.6 Å². The number of hydrogen-bond acceptors (Lipinski definition) is 5. The molecule has 0 spiro atoms. The van der Waals surface area contributed by atoms with Crippen LogP contribution < -0.4 is 14.4 Å². The Morgan fingerprint density at radius 2 is 1.68 bits per heavy atom. The third-order valence-electron chi connectivity index (χ3n) is 7.91. The van der Waals surface area contributed by atoms with Crippen molar-refractivity contribution in [3.63, 3.8) is 0 Å². The summed E-state index contributed by atoms with van der Waals surface area (Å²) in [6, 6.07) is 17.4. The number of amides is 2. The minimum absolute atomic E-state index is 0.000850. The van der Waals surface area contributed by atoms with Gasteiger partial charge in [-0.2, -0.15) is 0 Å². The second kappa shape index (κ2) is 15.1. The van der Waals surface area contributed by atoms with E-state index >= 15 is 0 Å². The lowest BCUT2D eigenvalue weighted by Crippen LogP contribution is -2.54. The minimum atomic E-state index is -4.28. The zero-order valence-electron chi connectivity index (χ0n) is 25.3. The molecule has 2 amide bonds. The van der Waals surface area contributed by atoms with Gasteiger partial charge in [0.1, 0.15) is 18.3 Å². The fourth-order valence-corrected chi connectivity index (χ4v) is 7.34. The van der Waals surface area contributed by atoms with E-state index in [9.17, 15) is 18.0 Å². The van der Waals surface area contributed by atoms with E-state index in [1.807, 2.05) is 19.9 Å². The molecular formula is C33H39Cl2N3O5S. The van der Waals surface area contributed by atoms with Crippen molar-refractivity contribution in [2.75, 3.05) is 18.0 Å². The monoisotopic (exact) mass is 659 g/mol.